The van der Waals surface area contributed by atoms with Crippen LogP contribution in [0.25, 0.3) is 0 Å². The van der Waals surface area contributed by atoms with Gasteiger partial charge in [-0.2, -0.15) is 0 Å². The number of hydrogen-bond acceptors (Lipinski definition) is 5. The molecule has 0 radical (unpaired) electrons. The predicted octanol–water partition coefficient (Wildman–Crippen LogP) is 1.51. The van der Waals surface area contributed by atoms with Gasteiger partial charge >= 0.3 is 12.5 Å². The Morgan fingerprint density at radius 1 is 1.33 bits per heavy atom. The molecule has 1 heterocycles. The van der Waals surface area contributed by atoms with E-state index in [4.69, 9.17) is 4.74 Å². The summed E-state index contributed by atoms with van der Waals surface area (Å²) >= 11 is 0. The van der Waals surface area contributed by atoms with Crippen LogP contribution in [-0.2, 0) is 19.1 Å². The first-order valence-corrected chi connectivity index (χ1v) is 7.38. The van der Waals surface area contributed by atoms with Gasteiger partial charge in [0, 0.05) is 12.5 Å². The number of ketones is 1. The number of halogens is 3. The first kappa shape index (κ1) is 20.2. The fraction of sp³-hybridized carbons (Fsp3) is 0.786. The van der Waals surface area contributed by atoms with Crippen molar-refractivity contribution >= 4 is 17.8 Å². The largest absolute Gasteiger partial charge is 0.522 e. The molecule has 0 aromatic carbocycles. The van der Waals surface area contributed by atoms with Crippen LogP contribution in [0.1, 0.15) is 33.6 Å². The van der Waals surface area contributed by atoms with Crippen molar-refractivity contribution in [2.45, 2.75) is 51.6 Å². The van der Waals surface area contributed by atoms with E-state index in [2.05, 4.69) is 15.4 Å². The summed E-state index contributed by atoms with van der Waals surface area (Å²) in [4.78, 5) is 35.3. The molecule has 0 bridgehead atoms. The molecule has 0 aromatic heterocycles. The number of hydrogen-bond donors (Lipinski definition) is 2. The molecule has 2 amide bonds. The van der Waals surface area contributed by atoms with Crippen molar-refractivity contribution < 1.29 is 37.0 Å². The smallest absolute Gasteiger partial charge is 0.444 e. The number of carbonyl (C=O) groups is 3. The minimum absolute atomic E-state index is 0.120. The summed E-state index contributed by atoms with van der Waals surface area (Å²) in [6.45, 7) is 3.95. The lowest BCUT2D eigenvalue weighted by Gasteiger charge is -2.24. The number of Topliss-reactive ketones (excluding diaryl/α,β-unsaturated/α-hetero) is 1. The lowest BCUT2D eigenvalue weighted by atomic mass is 9.96. The van der Waals surface area contributed by atoms with Crippen molar-refractivity contribution in [1.82, 2.24) is 10.6 Å². The van der Waals surface area contributed by atoms with Gasteiger partial charge in [-0.05, 0) is 33.6 Å². The summed E-state index contributed by atoms with van der Waals surface area (Å²) in [6, 6.07) is -1.31. The molecule has 24 heavy (non-hydrogen) atoms. The third-order valence-corrected chi connectivity index (χ3v) is 3.14. The molecule has 10 heteroatoms. The Morgan fingerprint density at radius 2 is 1.96 bits per heavy atom. The van der Waals surface area contributed by atoms with E-state index in [1.54, 1.807) is 20.8 Å². The zero-order valence-electron chi connectivity index (χ0n) is 13.7. The molecule has 0 saturated carbocycles. The van der Waals surface area contributed by atoms with Gasteiger partial charge in [-0.25, -0.2) is 4.79 Å². The van der Waals surface area contributed by atoms with Crippen LogP contribution < -0.4 is 10.6 Å². The first-order chi connectivity index (χ1) is 10.9. The van der Waals surface area contributed by atoms with E-state index in [9.17, 15) is 27.6 Å². The summed E-state index contributed by atoms with van der Waals surface area (Å²) in [7, 11) is 0. The fourth-order valence-electron chi connectivity index (χ4n) is 2.13. The quantitative estimate of drug-likeness (QED) is 0.754. The molecule has 1 fully saturated rings. The Hall–Kier alpha value is -1.84. The second kappa shape index (κ2) is 7.82. The molecule has 1 saturated heterocycles. The molecular formula is C14H21F3N2O5. The fourth-order valence-corrected chi connectivity index (χ4v) is 2.13. The van der Waals surface area contributed by atoms with Gasteiger partial charge in [-0.1, -0.05) is 0 Å². The number of rotatable bonds is 6. The van der Waals surface area contributed by atoms with Crippen LogP contribution in [0.15, 0.2) is 0 Å². The number of nitrogens with one attached hydrogen (secondary N) is 2. The van der Waals surface area contributed by atoms with E-state index in [-0.39, 0.29) is 12.3 Å². The molecule has 0 aromatic rings. The zero-order valence-corrected chi connectivity index (χ0v) is 13.7. The van der Waals surface area contributed by atoms with E-state index >= 15 is 0 Å². The van der Waals surface area contributed by atoms with Crippen LogP contribution in [0.3, 0.4) is 0 Å². The Labute approximate surface area is 137 Å². The monoisotopic (exact) mass is 354 g/mol. The van der Waals surface area contributed by atoms with Gasteiger partial charge in [0.2, 0.25) is 5.91 Å². The number of alkyl carbamates (subject to hydrolysis) is 1. The Morgan fingerprint density at radius 3 is 2.42 bits per heavy atom. The van der Waals surface area contributed by atoms with Crippen molar-refractivity contribution in [3.8, 4) is 0 Å². The van der Waals surface area contributed by atoms with Crippen molar-refractivity contribution in [2.24, 2.45) is 5.92 Å². The normalized spacial score (nSPS) is 19.6. The van der Waals surface area contributed by atoms with E-state index in [1.807, 2.05) is 0 Å². The van der Waals surface area contributed by atoms with Crippen LogP contribution in [-0.4, -0.2) is 48.9 Å². The summed E-state index contributed by atoms with van der Waals surface area (Å²) in [5.41, 5.74) is -0.842. The van der Waals surface area contributed by atoms with E-state index < -0.39 is 42.4 Å². The number of alkyl halides is 3. The standard InChI is InChI=1S/C14H21F3N2O5/c1-13(2,3)24-12(22)19-9(6-8-4-5-18-11(8)21)10(20)7-23-14(15,16)17/h8-9H,4-7H2,1-3H3,(H,18,21)(H,19,22)/t8-,9-/m0/s1. The molecule has 0 spiro atoms. The third-order valence-electron chi connectivity index (χ3n) is 3.14. The van der Waals surface area contributed by atoms with Gasteiger partial charge in [0.15, 0.2) is 5.78 Å². The summed E-state index contributed by atoms with van der Waals surface area (Å²) in [6.07, 6.45) is -5.60. The minimum Gasteiger partial charge on any atom is -0.444 e. The minimum atomic E-state index is -4.96. The van der Waals surface area contributed by atoms with Crippen molar-refractivity contribution in [3.05, 3.63) is 0 Å². The Bertz CT molecular complexity index is 488. The van der Waals surface area contributed by atoms with E-state index in [0.29, 0.717) is 13.0 Å². The van der Waals surface area contributed by atoms with Crippen LogP contribution >= 0.6 is 0 Å². The maximum atomic E-state index is 12.1. The first-order valence-electron chi connectivity index (χ1n) is 7.38. The zero-order chi connectivity index (χ0) is 18.5. The van der Waals surface area contributed by atoms with Crippen LogP contribution in [0.5, 0.6) is 0 Å². The topological polar surface area (TPSA) is 93.7 Å². The number of carbonyl (C=O) groups excluding carboxylic acids is 3. The molecule has 1 aliphatic rings. The Balaban J connectivity index is 2.72. The van der Waals surface area contributed by atoms with Crippen molar-refractivity contribution in [1.29, 1.82) is 0 Å². The highest BCUT2D eigenvalue weighted by atomic mass is 19.4. The van der Waals surface area contributed by atoms with Gasteiger partial charge < -0.3 is 15.4 Å². The van der Waals surface area contributed by atoms with Crippen LogP contribution in [0, 0.1) is 5.92 Å². The molecule has 2 N–H and O–H groups in total. The van der Waals surface area contributed by atoms with Crippen molar-refractivity contribution in [2.75, 3.05) is 13.2 Å². The highest BCUT2D eigenvalue weighted by Gasteiger charge is 2.35. The van der Waals surface area contributed by atoms with E-state index in [0.717, 1.165) is 0 Å². The Kier molecular flexibility index (Phi) is 6.58. The molecule has 138 valence electrons. The molecule has 7 nitrogen and oxygen atoms in total. The summed E-state index contributed by atoms with van der Waals surface area (Å²) in [5, 5.41) is 4.78. The lowest BCUT2D eigenvalue weighted by Crippen LogP contribution is -2.46. The van der Waals surface area contributed by atoms with Gasteiger partial charge in [0.05, 0.1) is 6.04 Å². The maximum Gasteiger partial charge on any atom is 0.522 e. The molecule has 2 atom stereocenters. The molecule has 0 aliphatic carbocycles. The molecule has 0 unspecified atom stereocenters. The van der Waals surface area contributed by atoms with Gasteiger partial charge in [-0.15, -0.1) is 13.2 Å². The molecular weight excluding hydrogens is 333 g/mol. The number of ether oxygens (including phenoxy) is 2. The second-order valence-corrected chi connectivity index (χ2v) is 6.41. The van der Waals surface area contributed by atoms with E-state index in [1.165, 1.54) is 0 Å². The lowest BCUT2D eigenvalue weighted by molar-refractivity contribution is -0.321. The van der Waals surface area contributed by atoms with Gasteiger partial charge in [0.25, 0.3) is 0 Å². The van der Waals surface area contributed by atoms with Gasteiger partial charge in [0.1, 0.15) is 12.2 Å². The van der Waals surface area contributed by atoms with Gasteiger partial charge in [-0.3, -0.25) is 14.3 Å². The maximum absolute atomic E-state index is 12.1. The average Bonchev–Trinajstić information content (AvgIpc) is 2.77. The number of amides is 2. The van der Waals surface area contributed by atoms with Crippen molar-refractivity contribution in [3.63, 3.8) is 0 Å². The summed E-state index contributed by atoms with van der Waals surface area (Å²) in [5.74, 6) is -1.87. The highest BCUT2D eigenvalue weighted by Crippen LogP contribution is 2.19. The molecule has 1 aliphatic heterocycles. The highest BCUT2D eigenvalue weighted by molar-refractivity contribution is 5.89. The third kappa shape index (κ3) is 7.62. The summed E-state index contributed by atoms with van der Waals surface area (Å²) < 4.78 is 44.7. The van der Waals surface area contributed by atoms with Crippen LogP contribution in [0.4, 0.5) is 18.0 Å². The SMILES string of the molecule is CC(C)(C)OC(=O)N[C@@H](C[C@@H]1CCNC1=O)C(=O)COC(F)(F)F. The molecule has 1 rings (SSSR count). The predicted molar refractivity (Wildman–Crippen MR) is 75.9 cm³/mol. The van der Waals surface area contributed by atoms with Crippen LogP contribution in [0.2, 0.25) is 0 Å². The average molecular weight is 354 g/mol. The second-order valence-electron chi connectivity index (χ2n) is 6.41.